The molecule has 0 aliphatic heterocycles. The molecule has 0 radical (unpaired) electrons. The molecule has 1 rings (SSSR count). The lowest BCUT2D eigenvalue weighted by Gasteiger charge is -2.20. The van der Waals surface area contributed by atoms with Crippen LogP contribution < -0.4 is 10.1 Å². The van der Waals surface area contributed by atoms with Gasteiger partial charge >= 0.3 is 5.97 Å². The van der Waals surface area contributed by atoms with Crippen LogP contribution in [-0.4, -0.2) is 29.6 Å². The van der Waals surface area contributed by atoms with E-state index in [1.165, 1.54) is 32.3 Å². The number of methoxy groups -OCH3 is 1. The van der Waals surface area contributed by atoms with Crippen LogP contribution in [0.5, 0.6) is 5.75 Å². The maximum absolute atomic E-state index is 11.7. The first-order chi connectivity index (χ1) is 7.36. The minimum atomic E-state index is -1.28. The molecule has 0 saturated carbocycles. The van der Waals surface area contributed by atoms with Crippen molar-refractivity contribution >= 4 is 23.2 Å². The number of carboxylic acid groups (broad SMARTS) is 1. The molecule has 6 heteroatoms. The highest BCUT2D eigenvalue weighted by molar-refractivity contribution is 7.12. The number of hydrogen-bond acceptors (Lipinski definition) is 4. The maximum Gasteiger partial charge on any atom is 0.328 e. The topological polar surface area (TPSA) is 75.6 Å². The van der Waals surface area contributed by atoms with Crippen molar-refractivity contribution in [1.82, 2.24) is 5.32 Å². The molecule has 0 spiro atoms. The molecule has 2 N–H and O–H groups in total. The van der Waals surface area contributed by atoms with Crippen molar-refractivity contribution in [1.29, 1.82) is 0 Å². The molecule has 1 heterocycles. The molecule has 0 unspecified atom stereocenters. The fourth-order valence-electron chi connectivity index (χ4n) is 0.944. The van der Waals surface area contributed by atoms with Crippen LogP contribution in [0.15, 0.2) is 11.4 Å². The average Bonchev–Trinajstić information content (AvgIpc) is 2.64. The second-order valence-corrected chi connectivity index (χ2v) is 4.65. The van der Waals surface area contributed by atoms with Crippen LogP contribution in [-0.2, 0) is 4.79 Å². The van der Waals surface area contributed by atoms with Crippen LogP contribution in [0.2, 0.25) is 0 Å². The van der Waals surface area contributed by atoms with Gasteiger partial charge in [-0.05, 0) is 13.8 Å². The number of amides is 1. The number of carbonyl (C=O) groups excluding carboxylic acids is 1. The minimum absolute atomic E-state index is 0.416. The first-order valence-corrected chi connectivity index (χ1v) is 5.43. The van der Waals surface area contributed by atoms with Crippen molar-refractivity contribution in [2.24, 2.45) is 0 Å². The summed E-state index contributed by atoms with van der Waals surface area (Å²) >= 11 is 1.20. The molecule has 0 saturated heterocycles. The molecule has 1 amide bonds. The summed E-state index contributed by atoms with van der Waals surface area (Å²) in [6, 6.07) is 1.57. The fraction of sp³-hybridized carbons (Fsp3) is 0.400. The number of aliphatic carboxylic acids is 1. The monoisotopic (exact) mass is 243 g/mol. The Morgan fingerprint density at radius 3 is 2.56 bits per heavy atom. The van der Waals surface area contributed by atoms with Gasteiger partial charge in [0.05, 0.1) is 12.0 Å². The van der Waals surface area contributed by atoms with Gasteiger partial charge in [0, 0.05) is 11.4 Å². The molecule has 1 aromatic heterocycles. The van der Waals surface area contributed by atoms with E-state index in [4.69, 9.17) is 9.84 Å². The highest BCUT2D eigenvalue weighted by Crippen LogP contribution is 2.21. The molecule has 88 valence electrons. The van der Waals surface area contributed by atoms with E-state index in [0.717, 1.165) is 0 Å². The number of hydrogen-bond donors (Lipinski definition) is 2. The average molecular weight is 243 g/mol. The van der Waals surface area contributed by atoms with Crippen molar-refractivity contribution in [2.45, 2.75) is 19.4 Å². The zero-order chi connectivity index (χ0) is 12.3. The van der Waals surface area contributed by atoms with E-state index in [2.05, 4.69) is 5.32 Å². The molecular weight excluding hydrogens is 230 g/mol. The predicted octanol–water partition coefficient (Wildman–Crippen LogP) is 1.35. The molecule has 0 aliphatic carbocycles. The quantitative estimate of drug-likeness (QED) is 0.837. The number of nitrogens with one attached hydrogen (secondary N) is 1. The lowest BCUT2D eigenvalue weighted by atomic mass is 10.1. The van der Waals surface area contributed by atoms with E-state index >= 15 is 0 Å². The van der Waals surface area contributed by atoms with Crippen LogP contribution in [0.1, 0.15) is 23.5 Å². The Kier molecular flexibility index (Phi) is 3.54. The molecule has 0 bridgehead atoms. The van der Waals surface area contributed by atoms with Crippen molar-refractivity contribution in [3.8, 4) is 5.75 Å². The number of carboxylic acids is 1. The normalized spacial score (nSPS) is 10.9. The zero-order valence-corrected chi connectivity index (χ0v) is 10.1. The van der Waals surface area contributed by atoms with E-state index in [1.54, 1.807) is 11.4 Å². The Morgan fingerprint density at radius 1 is 1.50 bits per heavy atom. The number of ether oxygens (including phenoxy) is 1. The van der Waals surface area contributed by atoms with Crippen LogP contribution in [0, 0.1) is 0 Å². The molecule has 16 heavy (non-hydrogen) atoms. The smallest absolute Gasteiger partial charge is 0.328 e. The molecule has 0 atom stereocenters. The molecule has 5 nitrogen and oxygen atoms in total. The van der Waals surface area contributed by atoms with Gasteiger partial charge in [-0.15, -0.1) is 11.3 Å². The minimum Gasteiger partial charge on any atom is -0.496 e. The lowest BCUT2D eigenvalue weighted by molar-refractivity contribution is -0.143. The standard InChI is InChI=1S/C10H13NO4S/c1-10(2,9(13)14)11-8(12)7-4-6(15-3)5-16-7/h4-5H,1-3H3,(H,11,12)(H,13,14). The summed E-state index contributed by atoms with van der Waals surface area (Å²) in [7, 11) is 1.50. The second kappa shape index (κ2) is 4.52. The number of carbonyl (C=O) groups is 2. The van der Waals surface area contributed by atoms with Crippen molar-refractivity contribution in [2.75, 3.05) is 7.11 Å². The Bertz CT molecular complexity index is 411. The van der Waals surface area contributed by atoms with Gasteiger partial charge in [-0.3, -0.25) is 4.79 Å². The highest BCUT2D eigenvalue weighted by atomic mass is 32.1. The van der Waals surface area contributed by atoms with E-state index in [9.17, 15) is 9.59 Å². The third kappa shape index (κ3) is 2.73. The van der Waals surface area contributed by atoms with E-state index in [1.807, 2.05) is 0 Å². The van der Waals surface area contributed by atoms with E-state index < -0.39 is 17.4 Å². The van der Waals surface area contributed by atoms with Gasteiger partial charge in [0.2, 0.25) is 0 Å². The third-order valence-corrected chi connectivity index (χ3v) is 2.90. The molecule has 0 aromatic carbocycles. The predicted molar refractivity (Wildman–Crippen MR) is 60.1 cm³/mol. The van der Waals surface area contributed by atoms with Crippen molar-refractivity contribution < 1.29 is 19.4 Å². The van der Waals surface area contributed by atoms with Gasteiger partial charge in [0.1, 0.15) is 11.3 Å². The first kappa shape index (κ1) is 12.5. The third-order valence-electron chi connectivity index (χ3n) is 2.00. The lowest BCUT2D eigenvalue weighted by Crippen LogP contribution is -2.49. The summed E-state index contributed by atoms with van der Waals surface area (Å²) in [6.45, 7) is 2.86. The number of thiophene rings is 1. The van der Waals surface area contributed by atoms with Crippen LogP contribution >= 0.6 is 11.3 Å². The summed E-state index contributed by atoms with van der Waals surface area (Å²) in [5.41, 5.74) is -1.28. The van der Waals surface area contributed by atoms with Gasteiger partial charge in [-0.2, -0.15) is 0 Å². The van der Waals surface area contributed by atoms with Gasteiger partial charge in [0.25, 0.3) is 5.91 Å². The van der Waals surface area contributed by atoms with Crippen LogP contribution in [0.4, 0.5) is 0 Å². The highest BCUT2D eigenvalue weighted by Gasteiger charge is 2.29. The summed E-state index contributed by atoms with van der Waals surface area (Å²) < 4.78 is 4.94. The molecule has 1 aromatic rings. The Balaban J connectivity index is 2.76. The molecular formula is C10H13NO4S. The largest absolute Gasteiger partial charge is 0.496 e. The Hall–Kier alpha value is -1.56. The zero-order valence-electron chi connectivity index (χ0n) is 9.23. The molecule has 0 fully saturated rings. The maximum atomic E-state index is 11.7. The fourth-order valence-corrected chi connectivity index (χ4v) is 1.69. The summed E-state index contributed by atoms with van der Waals surface area (Å²) in [6.07, 6.45) is 0. The SMILES string of the molecule is COc1csc(C(=O)NC(C)(C)C(=O)O)c1. The summed E-state index contributed by atoms with van der Waals surface area (Å²) in [5, 5.41) is 13.0. The van der Waals surface area contributed by atoms with Crippen molar-refractivity contribution in [3.63, 3.8) is 0 Å². The van der Waals surface area contributed by atoms with Crippen molar-refractivity contribution in [3.05, 3.63) is 16.3 Å². The van der Waals surface area contributed by atoms with Crippen LogP contribution in [0.3, 0.4) is 0 Å². The number of rotatable bonds is 4. The summed E-state index contributed by atoms with van der Waals surface area (Å²) in [5.74, 6) is -0.909. The van der Waals surface area contributed by atoms with E-state index in [-0.39, 0.29) is 0 Å². The summed E-state index contributed by atoms with van der Waals surface area (Å²) in [4.78, 5) is 22.9. The van der Waals surface area contributed by atoms with E-state index in [0.29, 0.717) is 10.6 Å². The molecule has 0 aliphatic rings. The van der Waals surface area contributed by atoms with Gasteiger partial charge in [0.15, 0.2) is 0 Å². The Labute approximate surface area is 97.0 Å². The first-order valence-electron chi connectivity index (χ1n) is 4.55. The van der Waals surface area contributed by atoms with Gasteiger partial charge in [-0.1, -0.05) is 0 Å². The van der Waals surface area contributed by atoms with Gasteiger partial charge < -0.3 is 15.2 Å². The second-order valence-electron chi connectivity index (χ2n) is 3.74. The Morgan fingerprint density at radius 2 is 2.12 bits per heavy atom. The van der Waals surface area contributed by atoms with Gasteiger partial charge in [-0.25, -0.2) is 4.79 Å². The van der Waals surface area contributed by atoms with Crippen LogP contribution in [0.25, 0.3) is 0 Å².